The molecule has 20 heavy (non-hydrogen) atoms. The number of hydrogen-bond acceptors (Lipinski definition) is 4. The lowest BCUT2D eigenvalue weighted by molar-refractivity contribution is -0.140. The Morgan fingerprint density at radius 2 is 1.70 bits per heavy atom. The lowest BCUT2D eigenvalue weighted by Crippen LogP contribution is -2.10. The summed E-state index contributed by atoms with van der Waals surface area (Å²) in [6, 6.07) is 2.40. The van der Waals surface area contributed by atoms with Crippen molar-refractivity contribution in [3.8, 4) is 5.75 Å². The summed E-state index contributed by atoms with van der Waals surface area (Å²) in [7, 11) is -4.15. The minimum atomic E-state index is -4.88. The number of rotatable bonds is 6. The summed E-state index contributed by atoms with van der Waals surface area (Å²) < 4.78 is 77.4. The van der Waals surface area contributed by atoms with Crippen molar-refractivity contribution in [2.45, 2.75) is 20.0 Å². The molecule has 4 nitrogen and oxygen atoms in total. The zero-order valence-electron chi connectivity index (χ0n) is 10.7. The topological polar surface area (TPSA) is 44.8 Å². The van der Waals surface area contributed by atoms with Crippen LogP contribution in [-0.2, 0) is 19.8 Å². The molecule has 9 heteroatoms. The Labute approximate surface area is 113 Å². The standard InChI is InChI=1S/C11H13F4O4P/c1-3-17-20(16,18-4-2)19-9-7-5-6-8(10(9)12)11(13,14)15/h5-7H,3-4H2,1-2H3. The van der Waals surface area contributed by atoms with Gasteiger partial charge in [0.1, 0.15) is 0 Å². The molecule has 0 aliphatic heterocycles. The number of alkyl halides is 3. The summed E-state index contributed by atoms with van der Waals surface area (Å²) in [5, 5.41) is 0. The van der Waals surface area contributed by atoms with Gasteiger partial charge in [0, 0.05) is 0 Å². The van der Waals surface area contributed by atoms with E-state index in [4.69, 9.17) is 9.05 Å². The quantitative estimate of drug-likeness (QED) is 0.576. The Kier molecular flexibility index (Phi) is 5.56. The van der Waals surface area contributed by atoms with E-state index < -0.39 is 31.1 Å². The average Bonchev–Trinajstić information content (AvgIpc) is 2.31. The molecule has 1 aromatic carbocycles. The third-order valence-electron chi connectivity index (χ3n) is 2.05. The smallest absolute Gasteiger partial charge is 0.401 e. The van der Waals surface area contributed by atoms with E-state index in [-0.39, 0.29) is 13.2 Å². The number of phosphoric ester groups is 1. The maximum absolute atomic E-state index is 13.7. The first-order valence-electron chi connectivity index (χ1n) is 5.68. The predicted molar refractivity (Wildman–Crippen MR) is 62.9 cm³/mol. The van der Waals surface area contributed by atoms with E-state index in [2.05, 4.69) is 4.52 Å². The Morgan fingerprint density at radius 3 is 2.15 bits per heavy atom. The molecule has 0 bridgehead atoms. The molecule has 0 aliphatic rings. The van der Waals surface area contributed by atoms with Crippen LogP contribution in [0, 0.1) is 5.82 Å². The highest BCUT2D eigenvalue weighted by Gasteiger charge is 2.37. The van der Waals surface area contributed by atoms with Crippen LogP contribution >= 0.6 is 7.82 Å². The SMILES string of the molecule is CCOP(=O)(OCC)Oc1cccc(C(F)(F)F)c1F. The molecule has 0 atom stereocenters. The van der Waals surface area contributed by atoms with Gasteiger partial charge in [0.05, 0.1) is 18.8 Å². The van der Waals surface area contributed by atoms with Gasteiger partial charge in [-0.15, -0.1) is 0 Å². The molecule has 114 valence electrons. The largest absolute Gasteiger partial charge is 0.530 e. The highest BCUT2D eigenvalue weighted by Crippen LogP contribution is 2.50. The van der Waals surface area contributed by atoms with E-state index >= 15 is 0 Å². The van der Waals surface area contributed by atoms with Gasteiger partial charge in [0.15, 0.2) is 11.6 Å². The zero-order chi connectivity index (χ0) is 15.4. The van der Waals surface area contributed by atoms with E-state index in [1.54, 1.807) is 0 Å². The summed E-state index contributed by atoms with van der Waals surface area (Å²) in [5.41, 5.74) is -1.52. The molecule has 0 heterocycles. The normalized spacial score (nSPS) is 12.5. The molecule has 0 aliphatic carbocycles. The molecular weight excluding hydrogens is 303 g/mol. The first-order valence-corrected chi connectivity index (χ1v) is 7.14. The zero-order valence-corrected chi connectivity index (χ0v) is 11.6. The van der Waals surface area contributed by atoms with Gasteiger partial charge in [-0.2, -0.15) is 13.2 Å². The van der Waals surface area contributed by atoms with Crippen LogP contribution < -0.4 is 4.52 Å². The van der Waals surface area contributed by atoms with Crippen LogP contribution in [0.5, 0.6) is 5.75 Å². The monoisotopic (exact) mass is 316 g/mol. The fraction of sp³-hybridized carbons (Fsp3) is 0.455. The van der Waals surface area contributed by atoms with Crippen molar-refractivity contribution in [2.24, 2.45) is 0 Å². The van der Waals surface area contributed by atoms with Crippen molar-refractivity contribution in [1.29, 1.82) is 0 Å². The number of benzene rings is 1. The van der Waals surface area contributed by atoms with E-state index in [1.807, 2.05) is 0 Å². The van der Waals surface area contributed by atoms with Crippen LogP contribution in [0.25, 0.3) is 0 Å². The highest BCUT2D eigenvalue weighted by atomic mass is 31.2. The number of hydrogen-bond donors (Lipinski definition) is 0. The fourth-order valence-corrected chi connectivity index (χ4v) is 2.52. The van der Waals surface area contributed by atoms with Crippen LogP contribution in [-0.4, -0.2) is 13.2 Å². The minimum absolute atomic E-state index is 0.0716. The maximum Gasteiger partial charge on any atom is 0.530 e. The van der Waals surface area contributed by atoms with Gasteiger partial charge in [-0.05, 0) is 26.0 Å². The first-order chi connectivity index (χ1) is 9.23. The predicted octanol–water partition coefficient (Wildman–Crippen LogP) is 4.40. The summed E-state index contributed by atoms with van der Waals surface area (Å²) in [6.45, 7) is 2.82. The summed E-state index contributed by atoms with van der Waals surface area (Å²) in [5.74, 6) is -2.51. The highest BCUT2D eigenvalue weighted by molar-refractivity contribution is 7.48. The van der Waals surface area contributed by atoms with Crippen LogP contribution in [0.3, 0.4) is 0 Å². The summed E-state index contributed by atoms with van der Waals surface area (Å²) >= 11 is 0. The molecule has 0 aromatic heterocycles. The van der Waals surface area contributed by atoms with Gasteiger partial charge >= 0.3 is 14.0 Å². The third kappa shape index (κ3) is 4.19. The van der Waals surface area contributed by atoms with Crippen LogP contribution in [0.2, 0.25) is 0 Å². The molecule has 0 amide bonds. The second kappa shape index (κ2) is 6.56. The van der Waals surface area contributed by atoms with Gasteiger partial charge in [-0.1, -0.05) is 6.07 Å². The van der Waals surface area contributed by atoms with Gasteiger partial charge in [-0.25, -0.2) is 8.96 Å². The molecule has 1 rings (SSSR count). The Hall–Kier alpha value is -1.11. The van der Waals surface area contributed by atoms with Crippen LogP contribution in [0.4, 0.5) is 17.6 Å². The maximum atomic E-state index is 13.7. The fourth-order valence-electron chi connectivity index (χ4n) is 1.33. The van der Waals surface area contributed by atoms with Gasteiger partial charge in [0.25, 0.3) is 0 Å². The number of halogens is 4. The molecule has 0 spiro atoms. The third-order valence-corrected chi connectivity index (χ3v) is 3.62. The van der Waals surface area contributed by atoms with Crippen molar-refractivity contribution in [2.75, 3.05) is 13.2 Å². The van der Waals surface area contributed by atoms with Crippen molar-refractivity contribution in [3.63, 3.8) is 0 Å². The van der Waals surface area contributed by atoms with Gasteiger partial charge < -0.3 is 4.52 Å². The van der Waals surface area contributed by atoms with Crippen molar-refractivity contribution < 1.29 is 35.7 Å². The van der Waals surface area contributed by atoms with Crippen molar-refractivity contribution >= 4 is 7.82 Å². The first kappa shape index (κ1) is 16.9. The number of phosphoric acid groups is 1. The van der Waals surface area contributed by atoms with E-state index in [9.17, 15) is 22.1 Å². The molecular formula is C11H13F4O4P. The summed E-state index contributed by atoms with van der Waals surface area (Å²) in [6.07, 6.45) is -4.88. The van der Waals surface area contributed by atoms with Crippen LogP contribution in [0.15, 0.2) is 18.2 Å². The average molecular weight is 316 g/mol. The molecule has 0 N–H and O–H groups in total. The van der Waals surface area contributed by atoms with Crippen molar-refractivity contribution in [1.82, 2.24) is 0 Å². The van der Waals surface area contributed by atoms with Gasteiger partial charge in [0.2, 0.25) is 0 Å². The summed E-state index contributed by atoms with van der Waals surface area (Å²) in [4.78, 5) is 0. The Balaban J connectivity index is 3.12. The minimum Gasteiger partial charge on any atom is -0.401 e. The molecule has 0 saturated heterocycles. The lowest BCUT2D eigenvalue weighted by atomic mass is 10.2. The molecule has 0 fully saturated rings. The lowest BCUT2D eigenvalue weighted by Gasteiger charge is -2.18. The second-order valence-corrected chi connectivity index (χ2v) is 5.08. The van der Waals surface area contributed by atoms with Crippen LogP contribution in [0.1, 0.15) is 19.4 Å². The molecule has 0 unspecified atom stereocenters. The Morgan fingerprint density at radius 1 is 1.15 bits per heavy atom. The van der Waals surface area contributed by atoms with E-state index in [1.165, 1.54) is 13.8 Å². The second-order valence-electron chi connectivity index (χ2n) is 3.49. The van der Waals surface area contributed by atoms with E-state index in [0.29, 0.717) is 6.07 Å². The van der Waals surface area contributed by atoms with Gasteiger partial charge in [-0.3, -0.25) is 9.05 Å². The molecule has 0 radical (unpaired) electrons. The van der Waals surface area contributed by atoms with Crippen molar-refractivity contribution in [3.05, 3.63) is 29.6 Å². The van der Waals surface area contributed by atoms with E-state index in [0.717, 1.165) is 12.1 Å². The molecule has 1 aromatic rings. The Bertz CT molecular complexity index is 494. The molecule has 0 saturated carbocycles.